The first-order chi connectivity index (χ1) is 9.54. The first kappa shape index (κ1) is 14.4. The molecule has 0 radical (unpaired) electrons. The highest BCUT2D eigenvalue weighted by molar-refractivity contribution is 7.92. The topological polar surface area (TPSA) is 84.0 Å². The van der Waals surface area contributed by atoms with Crippen LogP contribution in [-0.4, -0.2) is 25.4 Å². The summed E-state index contributed by atoms with van der Waals surface area (Å²) in [5.41, 5.74) is 2.01. The summed E-state index contributed by atoms with van der Waals surface area (Å²) in [6.07, 6.45) is 4.17. The normalized spacial score (nSPS) is 11.3. The molecule has 1 aromatic heterocycles. The van der Waals surface area contributed by atoms with Crippen molar-refractivity contribution in [2.24, 2.45) is 0 Å². The van der Waals surface area contributed by atoms with E-state index in [1.807, 2.05) is 13.1 Å². The average molecular weight is 292 g/mol. The molecule has 2 N–H and O–H groups in total. The molecule has 0 saturated carbocycles. The highest BCUT2D eigenvalue weighted by atomic mass is 32.2. The largest absolute Gasteiger partial charge is 0.316 e. The molecule has 0 amide bonds. The van der Waals surface area contributed by atoms with E-state index in [4.69, 9.17) is 0 Å². The van der Waals surface area contributed by atoms with E-state index in [1.165, 1.54) is 18.7 Å². The summed E-state index contributed by atoms with van der Waals surface area (Å²) in [6, 6.07) is 5.22. The van der Waals surface area contributed by atoms with Gasteiger partial charge in [0.2, 0.25) is 0 Å². The van der Waals surface area contributed by atoms with Crippen molar-refractivity contribution in [2.45, 2.75) is 18.4 Å². The van der Waals surface area contributed by atoms with Crippen molar-refractivity contribution in [2.75, 3.05) is 11.8 Å². The van der Waals surface area contributed by atoms with Crippen LogP contribution < -0.4 is 10.0 Å². The Morgan fingerprint density at radius 1 is 1.20 bits per heavy atom. The minimum Gasteiger partial charge on any atom is -0.316 e. The van der Waals surface area contributed by atoms with Gasteiger partial charge in [-0.25, -0.2) is 18.4 Å². The maximum absolute atomic E-state index is 12.4. The van der Waals surface area contributed by atoms with Crippen LogP contribution in [0, 0.1) is 6.92 Å². The molecule has 20 heavy (non-hydrogen) atoms. The Balaban J connectivity index is 2.37. The zero-order valence-electron chi connectivity index (χ0n) is 11.3. The molecule has 6 nitrogen and oxygen atoms in total. The molecule has 0 aliphatic heterocycles. The summed E-state index contributed by atoms with van der Waals surface area (Å²) in [7, 11) is -1.82. The Morgan fingerprint density at radius 2 is 1.90 bits per heavy atom. The van der Waals surface area contributed by atoms with Gasteiger partial charge in [-0.2, -0.15) is 0 Å². The summed E-state index contributed by atoms with van der Waals surface area (Å²) in [5.74, 6) is 0. The zero-order chi connectivity index (χ0) is 14.6. The molecular weight excluding hydrogens is 276 g/mol. The van der Waals surface area contributed by atoms with Gasteiger partial charge in [-0.3, -0.25) is 4.72 Å². The van der Waals surface area contributed by atoms with Crippen LogP contribution in [0.5, 0.6) is 0 Å². The Hall–Kier alpha value is -1.99. The maximum atomic E-state index is 12.4. The van der Waals surface area contributed by atoms with Crippen LogP contribution in [0.4, 0.5) is 5.69 Å². The zero-order valence-corrected chi connectivity index (χ0v) is 12.1. The molecule has 2 aromatic rings. The maximum Gasteiger partial charge on any atom is 0.262 e. The van der Waals surface area contributed by atoms with Crippen molar-refractivity contribution in [1.82, 2.24) is 15.3 Å². The number of sulfonamides is 1. The van der Waals surface area contributed by atoms with Crippen LogP contribution in [0.25, 0.3) is 0 Å². The van der Waals surface area contributed by atoms with Gasteiger partial charge in [0.1, 0.15) is 6.33 Å². The number of aromatic nitrogens is 2. The number of nitrogens with one attached hydrogen (secondary N) is 2. The lowest BCUT2D eigenvalue weighted by Crippen LogP contribution is -2.16. The van der Waals surface area contributed by atoms with Crippen molar-refractivity contribution in [1.29, 1.82) is 0 Å². The van der Waals surface area contributed by atoms with Gasteiger partial charge in [-0.15, -0.1) is 0 Å². The summed E-state index contributed by atoms with van der Waals surface area (Å²) in [4.78, 5) is 7.83. The molecular formula is C13H16N4O2S. The third-order valence-electron chi connectivity index (χ3n) is 2.87. The van der Waals surface area contributed by atoms with Crippen LogP contribution in [0.15, 0.2) is 41.8 Å². The van der Waals surface area contributed by atoms with Gasteiger partial charge in [0, 0.05) is 6.54 Å². The summed E-state index contributed by atoms with van der Waals surface area (Å²) >= 11 is 0. The number of hydrogen-bond donors (Lipinski definition) is 2. The molecule has 0 bridgehead atoms. The molecule has 1 heterocycles. The molecule has 0 fully saturated rings. The lowest BCUT2D eigenvalue weighted by atomic mass is 10.1. The fourth-order valence-electron chi connectivity index (χ4n) is 1.89. The monoisotopic (exact) mass is 292 g/mol. The van der Waals surface area contributed by atoms with Crippen molar-refractivity contribution >= 4 is 15.7 Å². The van der Waals surface area contributed by atoms with Crippen LogP contribution in [-0.2, 0) is 16.6 Å². The van der Waals surface area contributed by atoms with E-state index in [2.05, 4.69) is 20.0 Å². The third-order valence-corrected chi connectivity index (χ3v) is 4.39. The number of hydrogen-bond acceptors (Lipinski definition) is 5. The van der Waals surface area contributed by atoms with E-state index in [0.29, 0.717) is 12.2 Å². The standard InChI is InChI=1S/C13H16N4O2S/c1-10-11(6-14-2)4-3-5-13(10)20(18,19)17-12-7-15-9-16-8-12/h3-5,7-9,14,17H,6H2,1-2H3. The van der Waals surface area contributed by atoms with E-state index in [-0.39, 0.29) is 4.90 Å². The molecule has 0 atom stereocenters. The smallest absolute Gasteiger partial charge is 0.262 e. The van der Waals surface area contributed by atoms with Gasteiger partial charge in [0.05, 0.1) is 23.0 Å². The first-order valence-corrected chi connectivity index (χ1v) is 7.54. The molecule has 0 aliphatic rings. The molecule has 0 spiro atoms. The van der Waals surface area contributed by atoms with Gasteiger partial charge in [0.25, 0.3) is 10.0 Å². The summed E-state index contributed by atoms with van der Waals surface area (Å²) in [6.45, 7) is 2.41. The molecule has 0 unspecified atom stereocenters. The molecule has 7 heteroatoms. The van der Waals surface area contributed by atoms with Crippen molar-refractivity contribution in [3.8, 4) is 0 Å². The molecule has 106 valence electrons. The highest BCUT2D eigenvalue weighted by Gasteiger charge is 2.18. The van der Waals surface area contributed by atoms with Gasteiger partial charge in [-0.05, 0) is 31.2 Å². The second-order valence-corrected chi connectivity index (χ2v) is 5.95. The Bertz CT molecular complexity index is 687. The third kappa shape index (κ3) is 3.12. The van der Waals surface area contributed by atoms with Crippen molar-refractivity contribution < 1.29 is 8.42 Å². The fourth-order valence-corrected chi connectivity index (χ4v) is 3.21. The number of nitrogens with zero attached hydrogens (tertiary/aromatic N) is 2. The predicted octanol–water partition coefficient (Wildman–Crippen LogP) is 1.31. The van der Waals surface area contributed by atoms with E-state index >= 15 is 0 Å². The summed E-state index contributed by atoms with van der Waals surface area (Å²) in [5, 5.41) is 3.02. The quantitative estimate of drug-likeness (QED) is 0.868. The number of anilines is 1. The Labute approximate surface area is 118 Å². The molecule has 0 aliphatic carbocycles. The minimum absolute atomic E-state index is 0.258. The molecule has 2 rings (SSSR count). The predicted molar refractivity (Wildman–Crippen MR) is 76.8 cm³/mol. The molecule has 0 saturated heterocycles. The summed E-state index contributed by atoms with van der Waals surface area (Å²) < 4.78 is 27.3. The SMILES string of the molecule is CNCc1cccc(S(=O)(=O)Nc2cncnc2)c1C. The van der Waals surface area contributed by atoms with E-state index in [1.54, 1.807) is 19.1 Å². The van der Waals surface area contributed by atoms with Crippen LogP contribution in [0.3, 0.4) is 0 Å². The fraction of sp³-hybridized carbons (Fsp3) is 0.231. The van der Waals surface area contributed by atoms with E-state index in [0.717, 1.165) is 11.1 Å². The number of rotatable bonds is 5. The number of benzene rings is 1. The van der Waals surface area contributed by atoms with Gasteiger partial charge < -0.3 is 5.32 Å². The second-order valence-electron chi connectivity index (χ2n) is 4.30. The second kappa shape index (κ2) is 5.98. The average Bonchev–Trinajstić information content (AvgIpc) is 2.42. The van der Waals surface area contributed by atoms with Gasteiger partial charge in [-0.1, -0.05) is 12.1 Å². The van der Waals surface area contributed by atoms with Crippen molar-refractivity contribution in [3.63, 3.8) is 0 Å². The Kier molecular flexibility index (Phi) is 4.31. The Morgan fingerprint density at radius 3 is 2.55 bits per heavy atom. The van der Waals surface area contributed by atoms with Crippen LogP contribution in [0.1, 0.15) is 11.1 Å². The first-order valence-electron chi connectivity index (χ1n) is 6.05. The lowest BCUT2D eigenvalue weighted by Gasteiger charge is -2.12. The van der Waals surface area contributed by atoms with Crippen LogP contribution >= 0.6 is 0 Å². The minimum atomic E-state index is -3.64. The van der Waals surface area contributed by atoms with Gasteiger partial charge in [0.15, 0.2) is 0 Å². The van der Waals surface area contributed by atoms with Crippen LogP contribution in [0.2, 0.25) is 0 Å². The van der Waals surface area contributed by atoms with E-state index < -0.39 is 10.0 Å². The van der Waals surface area contributed by atoms with Crippen molar-refractivity contribution in [3.05, 3.63) is 48.0 Å². The van der Waals surface area contributed by atoms with E-state index in [9.17, 15) is 8.42 Å². The lowest BCUT2D eigenvalue weighted by molar-refractivity contribution is 0.600. The van der Waals surface area contributed by atoms with Gasteiger partial charge >= 0.3 is 0 Å². The highest BCUT2D eigenvalue weighted by Crippen LogP contribution is 2.21. The molecule has 1 aromatic carbocycles.